The van der Waals surface area contributed by atoms with E-state index in [1.165, 1.54) is 24.3 Å². The number of hydrogen-bond acceptors (Lipinski definition) is 6. The van der Waals surface area contributed by atoms with E-state index in [9.17, 15) is 27.7 Å². The third kappa shape index (κ3) is 5.31. The molecule has 0 aliphatic rings. The quantitative estimate of drug-likeness (QED) is 0.385. The summed E-state index contributed by atoms with van der Waals surface area (Å²) in [5.41, 5.74) is 0.0450. The van der Waals surface area contributed by atoms with Crippen molar-refractivity contribution in [3.05, 3.63) is 70.0 Å². The van der Waals surface area contributed by atoms with Crippen molar-refractivity contribution in [1.29, 1.82) is 0 Å². The third-order valence-corrected chi connectivity index (χ3v) is 5.34. The first kappa shape index (κ1) is 20.5. The fourth-order valence-corrected chi connectivity index (χ4v) is 3.69. The van der Waals surface area contributed by atoms with Crippen LogP contribution in [-0.2, 0) is 26.1 Å². The van der Waals surface area contributed by atoms with Gasteiger partial charge in [0, 0.05) is 18.7 Å². The van der Waals surface area contributed by atoms with Gasteiger partial charge in [0.05, 0.1) is 16.4 Å². The molecule has 2 rings (SSSR count). The van der Waals surface area contributed by atoms with Gasteiger partial charge >= 0.3 is 5.97 Å². The molecule has 10 heteroatoms. The molecule has 0 bridgehead atoms. The second kappa shape index (κ2) is 8.69. The molecule has 0 saturated heterocycles. The predicted molar refractivity (Wildman–Crippen MR) is 93.7 cm³/mol. The van der Waals surface area contributed by atoms with Crippen LogP contribution in [0.2, 0.25) is 0 Å². The lowest BCUT2D eigenvalue weighted by Gasteiger charge is -2.21. The van der Waals surface area contributed by atoms with E-state index in [-0.39, 0.29) is 18.0 Å². The van der Waals surface area contributed by atoms with Gasteiger partial charge < -0.3 is 4.74 Å². The minimum Gasteiger partial charge on any atom is -0.465 e. The number of ether oxygens (including phenoxy) is 1. The molecule has 0 radical (unpaired) electrons. The normalized spacial score (nSPS) is 11.4. The fourth-order valence-electron chi connectivity index (χ4n) is 2.28. The number of carbonyl (C=O) groups is 1. The highest BCUT2D eigenvalue weighted by molar-refractivity contribution is 7.89. The largest absolute Gasteiger partial charge is 0.465 e. The molecule has 0 saturated carbocycles. The molecule has 0 fully saturated rings. The number of nitro groups is 1. The molecule has 0 aliphatic heterocycles. The standard InChI is InChI=1S/C17H17FN2O6S/c1-2-26-17(21)12-19(11-13-6-8-14(18)9-7-13)27(24,25)16-5-3-4-15(10-16)20(22)23/h3-10H,2,11-12H2,1H3. The van der Waals surface area contributed by atoms with Gasteiger partial charge in [0.1, 0.15) is 12.4 Å². The van der Waals surface area contributed by atoms with Crippen LogP contribution in [0.3, 0.4) is 0 Å². The van der Waals surface area contributed by atoms with Gasteiger partial charge in [-0.2, -0.15) is 4.31 Å². The molecule has 0 atom stereocenters. The Hall–Kier alpha value is -2.85. The van der Waals surface area contributed by atoms with Gasteiger partial charge in [-0.1, -0.05) is 18.2 Å². The van der Waals surface area contributed by atoms with E-state index in [1.807, 2.05) is 0 Å². The van der Waals surface area contributed by atoms with Crippen molar-refractivity contribution in [1.82, 2.24) is 4.31 Å². The first-order chi connectivity index (χ1) is 12.7. The smallest absolute Gasteiger partial charge is 0.321 e. The maximum atomic E-state index is 13.1. The first-order valence-electron chi connectivity index (χ1n) is 7.88. The molecule has 0 aliphatic carbocycles. The van der Waals surface area contributed by atoms with Gasteiger partial charge in [-0.25, -0.2) is 12.8 Å². The van der Waals surface area contributed by atoms with Crippen LogP contribution in [0.15, 0.2) is 53.4 Å². The van der Waals surface area contributed by atoms with Crippen LogP contribution in [0.1, 0.15) is 12.5 Å². The summed E-state index contributed by atoms with van der Waals surface area (Å²) in [6, 6.07) is 9.62. The molecule has 2 aromatic rings. The summed E-state index contributed by atoms with van der Waals surface area (Å²) in [7, 11) is -4.24. The van der Waals surface area contributed by atoms with Crippen molar-refractivity contribution in [2.45, 2.75) is 18.4 Å². The first-order valence-corrected chi connectivity index (χ1v) is 9.32. The Labute approximate surface area is 155 Å². The number of esters is 1. The molecule has 144 valence electrons. The average Bonchev–Trinajstić information content (AvgIpc) is 2.63. The van der Waals surface area contributed by atoms with Crippen molar-refractivity contribution >= 4 is 21.7 Å². The maximum Gasteiger partial charge on any atom is 0.321 e. The Morgan fingerprint density at radius 3 is 2.48 bits per heavy atom. The van der Waals surface area contributed by atoms with E-state index < -0.39 is 39.0 Å². The SMILES string of the molecule is CCOC(=O)CN(Cc1ccc(F)cc1)S(=O)(=O)c1cccc([N+](=O)[O-])c1. The van der Waals surface area contributed by atoms with Gasteiger partial charge in [0.15, 0.2) is 0 Å². The van der Waals surface area contributed by atoms with Crippen LogP contribution in [0.5, 0.6) is 0 Å². The van der Waals surface area contributed by atoms with Crippen LogP contribution < -0.4 is 0 Å². The Morgan fingerprint density at radius 2 is 1.89 bits per heavy atom. The van der Waals surface area contributed by atoms with Crippen molar-refractivity contribution in [2.75, 3.05) is 13.2 Å². The van der Waals surface area contributed by atoms with E-state index in [1.54, 1.807) is 6.92 Å². The van der Waals surface area contributed by atoms with Gasteiger partial charge in [0.2, 0.25) is 10.0 Å². The second-order valence-electron chi connectivity index (χ2n) is 5.46. The molecule has 0 unspecified atom stereocenters. The van der Waals surface area contributed by atoms with Gasteiger partial charge in [0.25, 0.3) is 5.69 Å². The van der Waals surface area contributed by atoms with Gasteiger partial charge in [-0.05, 0) is 30.7 Å². The zero-order chi connectivity index (χ0) is 20.0. The number of hydrogen-bond donors (Lipinski definition) is 0. The molecule has 0 heterocycles. The molecule has 8 nitrogen and oxygen atoms in total. The lowest BCUT2D eigenvalue weighted by atomic mass is 10.2. The monoisotopic (exact) mass is 396 g/mol. The van der Waals surface area contributed by atoms with E-state index in [4.69, 9.17) is 4.74 Å². The summed E-state index contributed by atoms with van der Waals surface area (Å²) in [4.78, 5) is 21.7. The number of rotatable bonds is 8. The number of nitro benzene ring substituents is 1. The van der Waals surface area contributed by atoms with Crippen LogP contribution in [-0.4, -0.2) is 36.8 Å². The number of non-ortho nitro benzene ring substituents is 1. The molecule has 2 aromatic carbocycles. The van der Waals surface area contributed by atoms with E-state index in [2.05, 4.69) is 0 Å². The van der Waals surface area contributed by atoms with Gasteiger partial charge in [-0.15, -0.1) is 0 Å². The Morgan fingerprint density at radius 1 is 1.22 bits per heavy atom. The van der Waals surface area contributed by atoms with E-state index in [0.717, 1.165) is 28.6 Å². The molecular formula is C17H17FN2O6S. The zero-order valence-electron chi connectivity index (χ0n) is 14.4. The van der Waals surface area contributed by atoms with E-state index >= 15 is 0 Å². The van der Waals surface area contributed by atoms with Crippen LogP contribution >= 0.6 is 0 Å². The van der Waals surface area contributed by atoms with E-state index in [0.29, 0.717) is 5.56 Å². The molecular weight excluding hydrogens is 379 g/mol. The fraction of sp³-hybridized carbons (Fsp3) is 0.235. The predicted octanol–water partition coefficient (Wildman–Crippen LogP) is 2.49. The summed E-state index contributed by atoms with van der Waals surface area (Å²) in [5, 5.41) is 10.9. The van der Waals surface area contributed by atoms with Crippen molar-refractivity contribution < 1.29 is 27.3 Å². The number of nitrogens with zero attached hydrogens (tertiary/aromatic N) is 2. The molecule has 0 N–H and O–H groups in total. The number of carbonyl (C=O) groups excluding carboxylic acids is 1. The minimum absolute atomic E-state index is 0.0695. The van der Waals surface area contributed by atoms with Crippen LogP contribution in [0.4, 0.5) is 10.1 Å². The second-order valence-corrected chi connectivity index (χ2v) is 7.40. The lowest BCUT2D eigenvalue weighted by molar-refractivity contribution is -0.385. The Balaban J connectivity index is 2.40. The van der Waals surface area contributed by atoms with Gasteiger partial charge in [-0.3, -0.25) is 14.9 Å². The number of sulfonamides is 1. The average molecular weight is 396 g/mol. The Bertz CT molecular complexity index is 931. The maximum absolute atomic E-state index is 13.1. The molecule has 0 amide bonds. The molecule has 0 aromatic heterocycles. The van der Waals surface area contributed by atoms with Crippen molar-refractivity contribution in [3.63, 3.8) is 0 Å². The Kier molecular flexibility index (Phi) is 6.59. The molecule has 27 heavy (non-hydrogen) atoms. The van der Waals surface area contributed by atoms with Crippen LogP contribution in [0, 0.1) is 15.9 Å². The lowest BCUT2D eigenvalue weighted by Crippen LogP contribution is -2.36. The summed E-state index contributed by atoms with van der Waals surface area (Å²) in [6.45, 7) is 0.831. The van der Waals surface area contributed by atoms with Crippen molar-refractivity contribution in [2.24, 2.45) is 0 Å². The summed E-state index contributed by atoms with van der Waals surface area (Å²) < 4.78 is 44.6. The molecule has 0 spiro atoms. The topological polar surface area (TPSA) is 107 Å². The summed E-state index contributed by atoms with van der Waals surface area (Å²) in [6.07, 6.45) is 0. The van der Waals surface area contributed by atoms with Crippen molar-refractivity contribution in [3.8, 4) is 0 Å². The zero-order valence-corrected chi connectivity index (χ0v) is 15.2. The highest BCUT2D eigenvalue weighted by Crippen LogP contribution is 2.22. The summed E-state index contributed by atoms with van der Waals surface area (Å²) in [5.74, 6) is -1.26. The number of benzene rings is 2. The van der Waals surface area contributed by atoms with Crippen LogP contribution in [0.25, 0.3) is 0 Å². The highest BCUT2D eigenvalue weighted by atomic mass is 32.2. The third-order valence-electron chi connectivity index (χ3n) is 3.55. The highest BCUT2D eigenvalue weighted by Gasteiger charge is 2.28. The summed E-state index contributed by atoms with van der Waals surface area (Å²) >= 11 is 0. The minimum atomic E-state index is -4.24. The number of halogens is 1.